The molecule has 7 fully saturated rings. The van der Waals surface area contributed by atoms with Gasteiger partial charge in [0, 0.05) is 86.4 Å². The van der Waals surface area contributed by atoms with Crippen molar-refractivity contribution in [3.8, 4) is 28.7 Å². The average molecular weight is 2020 g/mol. The van der Waals surface area contributed by atoms with Gasteiger partial charge in [-0.1, -0.05) is 59.7 Å². The molecule has 2 saturated carbocycles. The standard InChI is InChI=1S/C20H23NO11P2.C20H23NO10P2.C19H20N2O11P2.C19H23NO10P2/c1-28-17-10-14(7-8-16(17)30-19(22)29-15-5-2-6-15)18-31-33(24,25)20(23,34(26,27)32-18)11-13-4-3-9-21-12-13;22-19(28-16-5-1-2-6-16)29-17-9-7-15(8-10-17)18-30-32(24,25)20(23,33(26,27)31-18)12-14-4-3-11-21-13-14;1-12-4-5-15(30-18(23)21-7-8-29-17(21)22)14(9-12)16-31-33(25,26)19(24,34(27,28)32-16)10-13-3-2-6-20-11-13;1-12(2)27-18(21)28-16-7-6-13(3)9-15(16)17-29-31(23,24)19(22,32(25,26)30-17)10-14-5-4-8-20-11-14/h3-4,7-10,12,15,18,23H,2,5-6,11H2,1H3,(H,24,25)(H,26,27);3-4,7-11,13,16,18,23H,1-2,5-6,12H2,(H,24,25)(H,26,27);2-6,9,11,16,24H,7-8,10H2,1H3,(H,25,26)(H,27,28);4-9,11-12,17,22H,10H2,1-3H3,(H,23,24)(H,25,26). The van der Waals surface area contributed by atoms with Crippen LogP contribution in [0.25, 0.3) is 0 Å². The second-order valence-electron chi connectivity index (χ2n) is 30.7. The average Bonchev–Trinajstić information content (AvgIpc) is 0.985. The lowest BCUT2D eigenvalue weighted by molar-refractivity contribution is -0.0597. The predicted octanol–water partition coefficient (Wildman–Crippen LogP) is 13.6. The smallest absolute Gasteiger partial charge is 0.493 e. The molecule has 9 heterocycles. The van der Waals surface area contributed by atoms with Crippen LogP contribution in [0.1, 0.15) is 140 Å². The first-order chi connectivity index (χ1) is 62.4. The van der Waals surface area contributed by atoms with Crippen molar-refractivity contribution in [3.05, 3.63) is 233 Å². The monoisotopic (exact) mass is 2020 g/mol. The van der Waals surface area contributed by atoms with Crippen LogP contribution in [0.4, 0.5) is 24.0 Å². The Labute approximate surface area is 755 Å². The molecule has 718 valence electrons. The first-order valence-electron chi connectivity index (χ1n) is 39.8. The van der Waals surface area contributed by atoms with Gasteiger partial charge >= 0.3 is 91.4 Å². The summed E-state index contributed by atoms with van der Waals surface area (Å²) in [4.78, 5) is 159. The maximum absolute atomic E-state index is 13.0. The van der Waals surface area contributed by atoms with E-state index in [0.717, 1.165) is 44.9 Å². The second kappa shape index (κ2) is 41.4. The highest BCUT2D eigenvalue weighted by Crippen LogP contribution is 2.83. The number of cyclic esters (lactones) is 1. The number of carbonyl (C=O) groups excluding carboxylic acids is 5. The summed E-state index contributed by atoms with van der Waals surface area (Å²) in [7, 11) is -40.1. The number of pyridine rings is 4. The van der Waals surface area contributed by atoms with Crippen LogP contribution in [0.15, 0.2) is 177 Å². The molecule has 0 bridgehead atoms. The molecule has 2 amide bonds. The topological polar surface area (TPSA) is 676 Å². The molecule has 8 unspecified atom stereocenters. The summed E-state index contributed by atoms with van der Waals surface area (Å²) in [6.45, 7) is 6.45. The first-order valence-corrected chi connectivity index (χ1v) is 52.4. The van der Waals surface area contributed by atoms with Crippen LogP contribution in [0.3, 0.4) is 0 Å². The van der Waals surface area contributed by atoms with E-state index in [1.54, 1.807) is 33.8 Å². The minimum Gasteiger partial charge on any atom is -0.493 e. The molecular formula is C78H89N5O42P8. The molecule has 2 aliphatic carbocycles. The third-order valence-corrected chi connectivity index (χ3v) is 39.0. The number of aliphatic hydroxyl groups is 4. The Bertz CT molecular complexity index is 5890. The van der Waals surface area contributed by atoms with E-state index >= 15 is 0 Å². The number of aromatic nitrogens is 4. The van der Waals surface area contributed by atoms with E-state index in [9.17, 15) is 120 Å². The fourth-order valence-electron chi connectivity index (χ4n) is 13.3. The zero-order valence-corrected chi connectivity index (χ0v) is 77.6. The maximum Gasteiger partial charge on any atom is 0.514 e. The zero-order valence-electron chi connectivity index (χ0n) is 70.4. The molecule has 0 radical (unpaired) electrons. The van der Waals surface area contributed by atoms with Gasteiger partial charge in [0.2, 0.25) is 25.2 Å². The van der Waals surface area contributed by atoms with Crippen LogP contribution in [-0.4, -0.2) is 174 Å². The number of hydrogen-bond donors (Lipinski definition) is 12. The van der Waals surface area contributed by atoms with Crippen molar-refractivity contribution in [1.82, 2.24) is 24.8 Å². The molecule has 8 atom stereocenters. The van der Waals surface area contributed by atoms with E-state index in [1.807, 2.05) is 0 Å². The van der Waals surface area contributed by atoms with Gasteiger partial charge in [0.05, 0.1) is 30.9 Å². The molecule has 0 spiro atoms. The third-order valence-electron chi connectivity index (χ3n) is 20.6. The van der Waals surface area contributed by atoms with Crippen LogP contribution in [0, 0.1) is 13.8 Å². The van der Waals surface area contributed by atoms with Crippen molar-refractivity contribution in [1.29, 1.82) is 0 Å². The van der Waals surface area contributed by atoms with Crippen LogP contribution < -0.4 is 23.7 Å². The fourth-order valence-corrected chi connectivity index (χ4v) is 27.6. The molecule has 12 N–H and O–H groups in total. The van der Waals surface area contributed by atoms with Crippen molar-refractivity contribution in [2.24, 2.45) is 0 Å². The quantitative estimate of drug-likeness (QED) is 0.0146. The summed E-state index contributed by atoms with van der Waals surface area (Å²) in [5, 5.41) is 30.7. The SMILES string of the molecule is COc1cc(C2OP(=O)(O)C(O)(Cc3cccnc3)P(=O)(O)O2)ccc1OC(=O)OC1CCC1.Cc1ccc(OC(=O)N2CCOC2=O)c(C2OP(=O)(O)C(O)(Cc3cccnc3)P(=O)(O)O2)c1.Cc1ccc(OC(=O)OC(C)C)c(C2OP(=O)(O)C(O)(Cc3cccnc3)P(=O)(O)O2)c1.O=C(Oc1ccc(C2OP(=O)(O)C(O)(Cc3cccnc3)P(=O)(O)O2)cc1)OC1CCCC1. The Morgan fingerprint density at radius 1 is 0.421 bits per heavy atom. The Hall–Kier alpha value is -9.13. The van der Waals surface area contributed by atoms with Gasteiger partial charge in [0.15, 0.2) is 11.5 Å². The number of hydrogen-bond acceptors (Lipinski definition) is 38. The van der Waals surface area contributed by atoms with E-state index in [0.29, 0.717) is 16.0 Å². The number of methoxy groups -OCH3 is 1. The summed E-state index contributed by atoms with van der Waals surface area (Å²) in [5.74, 6) is -0.322. The van der Waals surface area contributed by atoms with Crippen LogP contribution in [0.5, 0.6) is 28.7 Å². The summed E-state index contributed by atoms with van der Waals surface area (Å²) in [6.07, 6.45) is 0.895. The largest absolute Gasteiger partial charge is 0.514 e. The lowest BCUT2D eigenvalue weighted by Gasteiger charge is -2.41. The lowest BCUT2D eigenvalue weighted by Crippen LogP contribution is -2.38. The lowest BCUT2D eigenvalue weighted by atomic mass is 9.96. The van der Waals surface area contributed by atoms with E-state index in [1.165, 1.54) is 178 Å². The summed E-state index contributed by atoms with van der Waals surface area (Å²) < 4.78 is 190. The minimum atomic E-state index is -5.25. The number of aryl methyl sites for hydroxylation is 2. The van der Waals surface area contributed by atoms with Crippen molar-refractivity contribution >= 4 is 91.4 Å². The van der Waals surface area contributed by atoms with Gasteiger partial charge in [-0.3, -0.25) is 92.6 Å². The van der Waals surface area contributed by atoms with E-state index < -0.39 is 169 Å². The summed E-state index contributed by atoms with van der Waals surface area (Å²) in [6, 6.07) is 29.4. The molecule has 5 aliphatic heterocycles. The van der Waals surface area contributed by atoms with Crippen LogP contribution in [0.2, 0.25) is 0 Å². The Balaban J connectivity index is 0.000000160. The van der Waals surface area contributed by atoms with Gasteiger partial charge in [-0.05, 0) is 174 Å². The third kappa shape index (κ3) is 23.4. The fraction of sp³-hybridized carbons (Fsp3) is 0.372. The van der Waals surface area contributed by atoms with Crippen molar-refractivity contribution < 1.29 is 199 Å². The van der Waals surface area contributed by atoms with E-state index in [2.05, 4.69) is 24.7 Å². The molecule has 133 heavy (non-hydrogen) atoms. The zero-order chi connectivity index (χ0) is 96.7. The molecule has 4 aromatic carbocycles. The highest BCUT2D eigenvalue weighted by molar-refractivity contribution is 7.75. The number of imide groups is 1. The van der Waals surface area contributed by atoms with Gasteiger partial charge < -0.3 is 102 Å². The van der Waals surface area contributed by atoms with Gasteiger partial charge in [-0.2, -0.15) is 0 Å². The van der Waals surface area contributed by atoms with E-state index in [4.69, 9.17) is 74.1 Å². The number of rotatable bonds is 20. The van der Waals surface area contributed by atoms with Crippen LogP contribution >= 0.6 is 60.8 Å². The molecule has 8 aromatic rings. The number of amides is 2. The number of benzene rings is 4. The minimum absolute atomic E-state index is 0.00328. The number of nitrogens with zero attached hydrogens (tertiary/aromatic N) is 5. The predicted molar refractivity (Wildman–Crippen MR) is 452 cm³/mol. The summed E-state index contributed by atoms with van der Waals surface area (Å²) >= 11 is 0. The Morgan fingerprint density at radius 2 is 0.759 bits per heavy atom. The van der Waals surface area contributed by atoms with Crippen molar-refractivity contribution in [3.63, 3.8) is 0 Å². The number of ether oxygens (including phenoxy) is 9. The first kappa shape index (κ1) is 103. The van der Waals surface area contributed by atoms with E-state index in [-0.39, 0.29) is 98.6 Å². The van der Waals surface area contributed by atoms with Gasteiger partial charge in [-0.15, -0.1) is 0 Å². The second-order valence-corrected chi connectivity index (χ2v) is 48.0. The molecule has 47 nitrogen and oxygen atoms in total. The van der Waals surface area contributed by atoms with Gasteiger partial charge in [0.25, 0.3) is 20.3 Å². The molecule has 5 saturated heterocycles. The van der Waals surface area contributed by atoms with Crippen molar-refractivity contribution in [2.75, 3.05) is 20.3 Å². The van der Waals surface area contributed by atoms with Gasteiger partial charge in [-0.25, -0.2) is 28.9 Å². The molecule has 15 rings (SSSR count). The Morgan fingerprint density at radius 3 is 1.10 bits per heavy atom. The highest BCUT2D eigenvalue weighted by atomic mass is 31.3. The van der Waals surface area contributed by atoms with Crippen LogP contribution in [-0.2, 0) is 117 Å². The molecule has 55 heteroatoms. The Kier molecular flexibility index (Phi) is 32.0. The maximum atomic E-state index is 13.0. The number of carbonyl (C=O) groups is 5. The normalized spacial score (nSPS) is 31.3. The highest BCUT2D eigenvalue weighted by Gasteiger charge is 2.71. The van der Waals surface area contributed by atoms with Gasteiger partial charge in [0.1, 0.15) is 36.1 Å². The molecule has 4 aromatic heterocycles. The van der Waals surface area contributed by atoms with Crippen molar-refractivity contribution in [2.45, 2.75) is 162 Å². The summed E-state index contributed by atoms with van der Waals surface area (Å²) in [5.41, 5.74) is 1.80. The molecular weight excluding hydrogens is 1930 g/mol. The molecule has 7 aliphatic rings.